The molecule has 152 valence electrons. The Hall–Kier alpha value is -3.41. The van der Waals surface area contributed by atoms with E-state index in [2.05, 4.69) is 9.82 Å². The molecule has 0 saturated heterocycles. The summed E-state index contributed by atoms with van der Waals surface area (Å²) in [7, 11) is -3.96. The largest absolute Gasteiger partial charge is 0.435 e. The van der Waals surface area contributed by atoms with Crippen molar-refractivity contribution >= 4 is 21.4 Å². The average Bonchev–Trinajstić information content (AvgIpc) is 3.12. The maximum absolute atomic E-state index is 12.6. The lowest BCUT2D eigenvalue weighted by atomic mass is 10.2. The van der Waals surface area contributed by atoms with Crippen molar-refractivity contribution < 1.29 is 26.5 Å². The van der Waals surface area contributed by atoms with Crippen LogP contribution in [-0.2, 0) is 22.0 Å². The van der Waals surface area contributed by atoms with Gasteiger partial charge < -0.3 is 0 Å². The minimum atomic E-state index is -4.57. The highest BCUT2D eigenvalue weighted by Gasteiger charge is 2.33. The highest BCUT2D eigenvalue weighted by atomic mass is 32.2. The second-order valence-electron chi connectivity index (χ2n) is 5.94. The third-order valence-corrected chi connectivity index (χ3v) is 5.06. The zero-order valence-electron chi connectivity index (χ0n) is 14.5. The third kappa shape index (κ3) is 4.90. The smallest absolute Gasteiger partial charge is 0.283 e. The molecule has 3 aromatic rings. The zero-order chi connectivity index (χ0) is 21.2. The molecule has 8 nitrogen and oxygen atoms in total. The summed E-state index contributed by atoms with van der Waals surface area (Å²) >= 11 is 0. The molecule has 0 bridgehead atoms. The van der Waals surface area contributed by atoms with Crippen LogP contribution in [0.1, 0.15) is 11.3 Å². The van der Waals surface area contributed by atoms with Crippen LogP contribution in [0, 0.1) is 10.1 Å². The third-order valence-electron chi connectivity index (χ3n) is 3.82. The van der Waals surface area contributed by atoms with Crippen molar-refractivity contribution in [2.24, 2.45) is 0 Å². The summed E-state index contributed by atoms with van der Waals surface area (Å²) in [6.45, 7) is 0. The Labute approximate surface area is 162 Å². The number of nitrogens with zero attached hydrogens (tertiary/aromatic N) is 3. The van der Waals surface area contributed by atoms with Gasteiger partial charge in [-0.3, -0.25) is 14.8 Å². The van der Waals surface area contributed by atoms with E-state index < -0.39 is 32.6 Å². The van der Waals surface area contributed by atoms with Crippen molar-refractivity contribution in [3.63, 3.8) is 0 Å². The van der Waals surface area contributed by atoms with Crippen LogP contribution >= 0.6 is 0 Å². The lowest BCUT2D eigenvalue weighted by Crippen LogP contribution is -2.16. The summed E-state index contributed by atoms with van der Waals surface area (Å²) in [4.78, 5) is 10.3. The molecule has 0 aliphatic heterocycles. The van der Waals surface area contributed by atoms with Gasteiger partial charge in [0.25, 0.3) is 5.69 Å². The standard InChI is InChI=1S/C17H13F3N4O4S/c18-17(19,20)16-9-10-23(21-16)14-7-5-13(6-8-14)22-29(27,28)11-12-3-1-2-4-15(12)24(25)26/h1-10,22H,11H2. The summed E-state index contributed by atoms with van der Waals surface area (Å²) in [6.07, 6.45) is -3.43. The Balaban J connectivity index is 1.75. The maximum atomic E-state index is 12.6. The van der Waals surface area contributed by atoms with E-state index in [0.29, 0.717) is 5.69 Å². The van der Waals surface area contributed by atoms with Crippen LogP contribution in [0.2, 0.25) is 0 Å². The molecule has 1 aromatic heterocycles. The van der Waals surface area contributed by atoms with E-state index in [-0.39, 0.29) is 16.9 Å². The molecule has 0 radical (unpaired) electrons. The monoisotopic (exact) mass is 426 g/mol. The first-order valence-corrected chi connectivity index (χ1v) is 9.66. The molecule has 12 heteroatoms. The number of nitro groups is 1. The summed E-state index contributed by atoms with van der Waals surface area (Å²) in [5, 5.41) is 14.4. The summed E-state index contributed by atoms with van der Waals surface area (Å²) in [5.41, 5.74) is -0.894. The Morgan fingerprint density at radius 1 is 1.07 bits per heavy atom. The van der Waals surface area contributed by atoms with Gasteiger partial charge >= 0.3 is 6.18 Å². The molecule has 1 N–H and O–H groups in total. The Morgan fingerprint density at radius 3 is 2.31 bits per heavy atom. The number of para-hydroxylation sites is 1. The van der Waals surface area contributed by atoms with E-state index in [4.69, 9.17) is 0 Å². The number of rotatable bonds is 6. The van der Waals surface area contributed by atoms with Gasteiger partial charge in [0, 0.05) is 23.5 Å². The van der Waals surface area contributed by atoms with E-state index >= 15 is 0 Å². The topological polar surface area (TPSA) is 107 Å². The van der Waals surface area contributed by atoms with Crippen molar-refractivity contribution in [2.45, 2.75) is 11.9 Å². The normalized spacial score (nSPS) is 12.0. The van der Waals surface area contributed by atoms with E-state index in [0.717, 1.165) is 16.9 Å². The minimum Gasteiger partial charge on any atom is -0.283 e. The molecular weight excluding hydrogens is 413 g/mol. The number of hydrogen-bond acceptors (Lipinski definition) is 5. The second-order valence-corrected chi connectivity index (χ2v) is 7.66. The van der Waals surface area contributed by atoms with Gasteiger partial charge in [-0.05, 0) is 30.3 Å². The molecule has 0 aliphatic carbocycles. The maximum Gasteiger partial charge on any atom is 0.435 e. The number of aromatic nitrogens is 2. The Kier molecular flexibility index (Phi) is 5.29. The van der Waals surface area contributed by atoms with Gasteiger partial charge in [0.1, 0.15) is 5.75 Å². The van der Waals surface area contributed by atoms with Gasteiger partial charge in [-0.25, -0.2) is 13.1 Å². The second kappa shape index (κ2) is 7.54. The highest BCUT2D eigenvalue weighted by molar-refractivity contribution is 7.91. The predicted molar refractivity (Wildman–Crippen MR) is 97.9 cm³/mol. The summed E-state index contributed by atoms with van der Waals surface area (Å²) in [6, 6.07) is 11.8. The first-order chi connectivity index (χ1) is 13.5. The number of anilines is 1. The number of hydrogen-bond donors (Lipinski definition) is 1. The van der Waals surface area contributed by atoms with Crippen molar-refractivity contribution in [3.05, 3.63) is 82.2 Å². The Bertz CT molecular complexity index is 1140. The SMILES string of the molecule is O=[N+]([O-])c1ccccc1CS(=O)(=O)Nc1ccc(-n2ccc(C(F)(F)F)n2)cc1. The van der Waals surface area contributed by atoms with Gasteiger partial charge in [-0.2, -0.15) is 18.3 Å². The van der Waals surface area contributed by atoms with Gasteiger partial charge in [0.05, 0.1) is 10.6 Å². The van der Waals surface area contributed by atoms with Crippen molar-refractivity contribution in [1.82, 2.24) is 9.78 Å². The quantitative estimate of drug-likeness (QED) is 0.477. The van der Waals surface area contributed by atoms with E-state index in [1.807, 2.05) is 0 Å². The Morgan fingerprint density at radius 2 is 1.72 bits per heavy atom. The van der Waals surface area contributed by atoms with Crippen LogP contribution in [0.25, 0.3) is 5.69 Å². The molecule has 1 heterocycles. The molecule has 0 atom stereocenters. The summed E-state index contributed by atoms with van der Waals surface area (Å²) < 4.78 is 65.9. The molecule has 0 aliphatic rings. The fourth-order valence-electron chi connectivity index (χ4n) is 2.53. The van der Waals surface area contributed by atoms with E-state index in [1.54, 1.807) is 0 Å². The van der Waals surface area contributed by atoms with Gasteiger partial charge in [0.15, 0.2) is 5.69 Å². The molecule has 3 rings (SSSR count). The number of sulfonamides is 1. The molecule has 2 aromatic carbocycles. The first kappa shape index (κ1) is 20.3. The average molecular weight is 426 g/mol. The zero-order valence-corrected chi connectivity index (χ0v) is 15.3. The van der Waals surface area contributed by atoms with Crippen LogP contribution in [-0.4, -0.2) is 23.1 Å². The number of alkyl halides is 3. The molecule has 0 spiro atoms. The van der Waals surface area contributed by atoms with Crippen LogP contribution < -0.4 is 4.72 Å². The van der Waals surface area contributed by atoms with Crippen molar-refractivity contribution in [3.8, 4) is 5.69 Å². The van der Waals surface area contributed by atoms with Gasteiger partial charge in [0.2, 0.25) is 10.0 Å². The lowest BCUT2D eigenvalue weighted by molar-refractivity contribution is -0.385. The minimum absolute atomic E-state index is 0.0258. The van der Waals surface area contributed by atoms with Crippen LogP contribution in [0.15, 0.2) is 60.8 Å². The fourth-order valence-corrected chi connectivity index (χ4v) is 3.75. The van der Waals surface area contributed by atoms with Crippen LogP contribution in [0.4, 0.5) is 24.5 Å². The number of nitro benzene ring substituents is 1. The van der Waals surface area contributed by atoms with Crippen LogP contribution in [0.3, 0.4) is 0 Å². The highest BCUT2D eigenvalue weighted by Crippen LogP contribution is 2.28. The number of halogens is 3. The molecule has 29 heavy (non-hydrogen) atoms. The fraction of sp³-hybridized carbons (Fsp3) is 0.118. The molecule has 0 saturated carbocycles. The number of benzene rings is 2. The molecule has 0 amide bonds. The predicted octanol–water partition coefficient (Wildman–Crippen LogP) is 3.74. The summed E-state index contributed by atoms with van der Waals surface area (Å²) in [5.74, 6) is -0.611. The van der Waals surface area contributed by atoms with E-state index in [1.165, 1.54) is 48.5 Å². The van der Waals surface area contributed by atoms with Gasteiger partial charge in [-0.1, -0.05) is 18.2 Å². The molecular formula is C17H13F3N4O4S. The molecule has 0 fully saturated rings. The van der Waals surface area contributed by atoms with Crippen molar-refractivity contribution in [2.75, 3.05) is 4.72 Å². The number of nitrogens with one attached hydrogen (secondary N) is 1. The van der Waals surface area contributed by atoms with Gasteiger partial charge in [-0.15, -0.1) is 0 Å². The lowest BCUT2D eigenvalue weighted by Gasteiger charge is -2.09. The molecule has 0 unspecified atom stereocenters. The van der Waals surface area contributed by atoms with Crippen molar-refractivity contribution in [1.29, 1.82) is 0 Å². The van der Waals surface area contributed by atoms with Crippen LogP contribution in [0.5, 0.6) is 0 Å². The first-order valence-electron chi connectivity index (χ1n) is 8.01. The van der Waals surface area contributed by atoms with E-state index in [9.17, 15) is 31.7 Å².